The Bertz CT molecular complexity index is 931. The van der Waals surface area contributed by atoms with E-state index in [1.165, 1.54) is 17.0 Å². The van der Waals surface area contributed by atoms with E-state index in [0.29, 0.717) is 4.90 Å². The molecule has 0 saturated carbocycles. The molecular weight excluding hydrogens is 405 g/mol. The zero-order chi connectivity index (χ0) is 20.2. The number of alkyl halides is 3. The fourth-order valence-corrected chi connectivity index (χ4v) is 3.67. The van der Waals surface area contributed by atoms with Gasteiger partial charge in [0.2, 0.25) is 0 Å². The summed E-state index contributed by atoms with van der Waals surface area (Å²) in [6, 6.07) is 10.1. The number of rotatable bonds is 5. The van der Waals surface area contributed by atoms with Crippen molar-refractivity contribution >= 4 is 32.7 Å². The second kappa shape index (κ2) is 8.09. The van der Waals surface area contributed by atoms with Gasteiger partial charge < -0.3 is 9.64 Å². The molecule has 2 aromatic rings. The lowest BCUT2D eigenvalue weighted by Crippen LogP contribution is -2.18. The van der Waals surface area contributed by atoms with Crippen LogP contribution >= 0.6 is 11.8 Å². The zero-order valence-corrected chi connectivity index (χ0v) is 15.8. The molecule has 146 valence electrons. The average Bonchev–Trinajstić information content (AvgIpc) is 2.53. The van der Waals surface area contributed by atoms with Gasteiger partial charge in [-0.15, -0.1) is 13.2 Å². The van der Waals surface area contributed by atoms with Crippen LogP contribution in [-0.4, -0.2) is 39.0 Å². The Labute approximate surface area is 158 Å². The second-order valence-electron chi connectivity index (χ2n) is 5.42. The molecule has 1 amide bonds. The second-order valence-corrected chi connectivity index (χ2v) is 8.13. The monoisotopic (exact) mass is 420 g/mol. The van der Waals surface area contributed by atoms with Crippen LogP contribution in [0, 0.1) is 0 Å². The Morgan fingerprint density at radius 3 is 2.41 bits per heavy atom. The molecule has 0 unspecified atom stereocenters. The molecule has 6 nitrogen and oxygen atoms in total. The van der Waals surface area contributed by atoms with Crippen molar-refractivity contribution < 1.29 is 31.1 Å². The highest BCUT2D eigenvalue weighted by Gasteiger charge is 2.31. The maximum atomic E-state index is 12.4. The first kappa shape index (κ1) is 20.9. The van der Waals surface area contributed by atoms with Crippen molar-refractivity contribution in [2.45, 2.75) is 16.2 Å². The maximum Gasteiger partial charge on any atom is 0.573 e. The third kappa shape index (κ3) is 6.36. The Hall–Kier alpha value is -2.40. The highest BCUT2D eigenvalue weighted by molar-refractivity contribution is 8.13. The molecule has 0 spiro atoms. The topological polar surface area (TPSA) is 75.7 Å². The van der Waals surface area contributed by atoms with Gasteiger partial charge in [0.1, 0.15) is 5.75 Å². The normalized spacial score (nSPS) is 11.7. The highest BCUT2D eigenvalue weighted by atomic mass is 32.2. The number of nitrogens with one attached hydrogen (secondary N) is 1. The number of ether oxygens (including phenoxy) is 1. The minimum Gasteiger partial charge on any atom is -0.406 e. The number of hydrogen-bond acceptors (Lipinski definition) is 5. The molecule has 0 aromatic heterocycles. The minimum atomic E-state index is -4.93. The summed E-state index contributed by atoms with van der Waals surface area (Å²) in [5.74, 6) is -0.647. The highest BCUT2D eigenvalue weighted by Crippen LogP contribution is 2.27. The third-order valence-electron chi connectivity index (χ3n) is 3.01. The van der Waals surface area contributed by atoms with Crippen LogP contribution < -0.4 is 9.46 Å². The van der Waals surface area contributed by atoms with Gasteiger partial charge in [0.25, 0.3) is 15.3 Å². The summed E-state index contributed by atoms with van der Waals surface area (Å²) in [4.78, 5) is 13.2. The molecule has 0 fully saturated rings. The van der Waals surface area contributed by atoms with E-state index in [0.717, 1.165) is 36.0 Å². The third-order valence-corrected chi connectivity index (χ3v) is 5.41. The summed E-state index contributed by atoms with van der Waals surface area (Å²) in [6.45, 7) is 0. The summed E-state index contributed by atoms with van der Waals surface area (Å²) in [6.07, 6.45) is -4.93. The summed E-state index contributed by atoms with van der Waals surface area (Å²) in [5, 5.41) is -0.244. The molecule has 1 N–H and O–H groups in total. The molecule has 2 aromatic carbocycles. The van der Waals surface area contributed by atoms with Gasteiger partial charge in [-0.3, -0.25) is 9.52 Å². The molecule has 0 saturated heterocycles. The number of amides is 1. The van der Waals surface area contributed by atoms with E-state index < -0.39 is 27.0 Å². The van der Waals surface area contributed by atoms with Crippen LogP contribution in [0.15, 0.2) is 58.3 Å². The standard InChI is InChI=1S/C16H15F3N2O4S2/c1-21(2)15(22)26-13-7-3-5-11(9-13)20-27(23,24)14-8-4-6-12(10-14)25-16(17,18)19/h3-10,20H,1-2H3. The van der Waals surface area contributed by atoms with Crippen molar-refractivity contribution in [2.24, 2.45) is 0 Å². The van der Waals surface area contributed by atoms with Gasteiger partial charge >= 0.3 is 6.36 Å². The first-order valence-electron chi connectivity index (χ1n) is 7.34. The van der Waals surface area contributed by atoms with E-state index >= 15 is 0 Å². The number of sulfonamides is 1. The van der Waals surface area contributed by atoms with Crippen LogP contribution in [0.1, 0.15) is 0 Å². The minimum absolute atomic E-state index is 0.161. The van der Waals surface area contributed by atoms with Gasteiger partial charge in [0, 0.05) is 30.7 Å². The summed E-state index contributed by atoms with van der Waals surface area (Å²) in [7, 11) is -0.992. The number of anilines is 1. The van der Waals surface area contributed by atoms with E-state index in [1.54, 1.807) is 26.2 Å². The first-order valence-corrected chi connectivity index (χ1v) is 9.64. The predicted molar refractivity (Wildman–Crippen MR) is 95.3 cm³/mol. The number of hydrogen-bond donors (Lipinski definition) is 1. The van der Waals surface area contributed by atoms with Crippen LogP contribution in [0.25, 0.3) is 0 Å². The number of carbonyl (C=O) groups excluding carboxylic acids is 1. The molecule has 0 radical (unpaired) electrons. The number of halogens is 3. The van der Waals surface area contributed by atoms with Crippen LogP contribution in [-0.2, 0) is 10.0 Å². The molecule has 0 aliphatic heterocycles. The van der Waals surface area contributed by atoms with Crippen molar-refractivity contribution in [2.75, 3.05) is 18.8 Å². The molecule has 0 bridgehead atoms. The molecule has 0 aliphatic carbocycles. The quantitative estimate of drug-likeness (QED) is 0.735. The van der Waals surface area contributed by atoms with Crippen LogP contribution in [0.3, 0.4) is 0 Å². The lowest BCUT2D eigenvalue weighted by molar-refractivity contribution is -0.274. The Morgan fingerprint density at radius 1 is 1.11 bits per heavy atom. The molecular formula is C16H15F3N2O4S2. The van der Waals surface area contributed by atoms with Crippen molar-refractivity contribution in [3.8, 4) is 5.75 Å². The van der Waals surface area contributed by atoms with E-state index in [-0.39, 0.29) is 10.9 Å². The molecule has 11 heteroatoms. The fraction of sp³-hybridized carbons (Fsp3) is 0.188. The largest absolute Gasteiger partial charge is 0.573 e. The lowest BCUT2D eigenvalue weighted by Gasteiger charge is -2.13. The predicted octanol–water partition coefficient (Wildman–Crippen LogP) is 4.16. The van der Waals surface area contributed by atoms with Gasteiger partial charge in [-0.25, -0.2) is 8.42 Å². The summed E-state index contributed by atoms with van der Waals surface area (Å²) < 4.78 is 67.8. The Morgan fingerprint density at radius 2 is 1.78 bits per heavy atom. The number of thioether (sulfide) groups is 1. The smallest absolute Gasteiger partial charge is 0.406 e. The SMILES string of the molecule is CN(C)C(=O)Sc1cccc(NS(=O)(=O)c2cccc(OC(F)(F)F)c2)c1. The van der Waals surface area contributed by atoms with Crippen molar-refractivity contribution in [3.05, 3.63) is 48.5 Å². The van der Waals surface area contributed by atoms with Gasteiger partial charge in [0.15, 0.2) is 0 Å². The van der Waals surface area contributed by atoms with E-state index in [1.807, 2.05) is 0 Å². The zero-order valence-electron chi connectivity index (χ0n) is 14.1. The number of nitrogens with zero attached hydrogens (tertiary/aromatic N) is 1. The maximum absolute atomic E-state index is 12.4. The van der Waals surface area contributed by atoms with Crippen molar-refractivity contribution in [3.63, 3.8) is 0 Å². The van der Waals surface area contributed by atoms with Gasteiger partial charge in [-0.2, -0.15) is 0 Å². The van der Waals surface area contributed by atoms with Crippen LogP contribution in [0.4, 0.5) is 23.7 Å². The summed E-state index contributed by atoms with van der Waals surface area (Å²) >= 11 is 0.904. The lowest BCUT2D eigenvalue weighted by atomic mass is 10.3. The van der Waals surface area contributed by atoms with Crippen molar-refractivity contribution in [1.29, 1.82) is 0 Å². The van der Waals surface area contributed by atoms with E-state index in [2.05, 4.69) is 9.46 Å². The van der Waals surface area contributed by atoms with Crippen LogP contribution in [0.2, 0.25) is 0 Å². The van der Waals surface area contributed by atoms with Crippen LogP contribution in [0.5, 0.6) is 5.75 Å². The molecule has 0 heterocycles. The molecule has 0 atom stereocenters. The Kier molecular flexibility index (Phi) is 6.26. The fourth-order valence-electron chi connectivity index (χ4n) is 1.87. The summed E-state index contributed by atoms with van der Waals surface area (Å²) in [5.41, 5.74) is 0.161. The number of benzene rings is 2. The molecule has 0 aliphatic rings. The Balaban J connectivity index is 2.21. The first-order chi connectivity index (χ1) is 12.5. The number of carbonyl (C=O) groups is 1. The van der Waals surface area contributed by atoms with E-state index in [4.69, 9.17) is 0 Å². The van der Waals surface area contributed by atoms with E-state index in [9.17, 15) is 26.4 Å². The average molecular weight is 420 g/mol. The molecule has 2 rings (SSSR count). The van der Waals surface area contributed by atoms with Crippen molar-refractivity contribution in [1.82, 2.24) is 4.90 Å². The van der Waals surface area contributed by atoms with Gasteiger partial charge in [-0.05, 0) is 42.1 Å². The molecule has 27 heavy (non-hydrogen) atoms. The van der Waals surface area contributed by atoms with Gasteiger partial charge in [-0.1, -0.05) is 12.1 Å². The van der Waals surface area contributed by atoms with Gasteiger partial charge in [0.05, 0.1) is 4.90 Å².